The van der Waals surface area contributed by atoms with Gasteiger partial charge in [-0.2, -0.15) is 0 Å². The van der Waals surface area contributed by atoms with Crippen molar-refractivity contribution in [3.63, 3.8) is 0 Å². The van der Waals surface area contributed by atoms with Crippen molar-refractivity contribution in [2.24, 2.45) is 0 Å². The van der Waals surface area contributed by atoms with Crippen molar-refractivity contribution in [3.8, 4) is 11.5 Å². The number of halogens is 2. The minimum atomic E-state index is 0.687. The number of rotatable bonds is 2. The van der Waals surface area contributed by atoms with Gasteiger partial charge < -0.3 is 4.74 Å². The average molecular weight is 285 g/mol. The maximum Gasteiger partial charge on any atom is 0.146 e. The fourth-order valence-corrected chi connectivity index (χ4v) is 1.56. The molecule has 2 rings (SSSR count). The summed E-state index contributed by atoms with van der Waals surface area (Å²) in [5, 5.41) is 0.690. The van der Waals surface area contributed by atoms with Crippen molar-refractivity contribution in [3.05, 3.63) is 52.2 Å². The monoisotopic (exact) mass is 283 g/mol. The van der Waals surface area contributed by atoms with Gasteiger partial charge in [0, 0.05) is 15.7 Å². The van der Waals surface area contributed by atoms with Crippen molar-refractivity contribution >= 4 is 27.5 Å². The van der Waals surface area contributed by atoms with Crippen molar-refractivity contribution in [1.82, 2.24) is 4.98 Å². The first-order chi connectivity index (χ1) is 7.24. The van der Waals surface area contributed by atoms with E-state index in [0.29, 0.717) is 10.8 Å². The van der Waals surface area contributed by atoms with Gasteiger partial charge in [-0.15, -0.1) is 0 Å². The molecule has 0 spiro atoms. The van der Waals surface area contributed by atoms with Gasteiger partial charge in [-0.25, -0.2) is 0 Å². The molecule has 0 saturated carbocycles. The Morgan fingerprint density at radius 2 is 1.80 bits per heavy atom. The van der Waals surface area contributed by atoms with E-state index in [1.165, 1.54) is 0 Å². The molecule has 1 aromatic carbocycles. The van der Waals surface area contributed by atoms with E-state index in [1.807, 2.05) is 18.2 Å². The second-order valence-corrected chi connectivity index (χ2v) is 4.25. The summed E-state index contributed by atoms with van der Waals surface area (Å²) >= 11 is 9.09. The van der Waals surface area contributed by atoms with E-state index < -0.39 is 0 Å². The lowest BCUT2D eigenvalue weighted by atomic mass is 10.3. The first-order valence-corrected chi connectivity index (χ1v) is 5.45. The highest BCUT2D eigenvalue weighted by Gasteiger charge is 1.98. The van der Waals surface area contributed by atoms with E-state index in [9.17, 15) is 0 Å². The third-order valence-electron chi connectivity index (χ3n) is 1.73. The molecule has 0 bridgehead atoms. The zero-order chi connectivity index (χ0) is 10.7. The summed E-state index contributed by atoms with van der Waals surface area (Å²) in [6.45, 7) is 0. The molecule has 1 aromatic heterocycles. The minimum Gasteiger partial charge on any atom is -0.456 e. The van der Waals surface area contributed by atoms with Crippen molar-refractivity contribution in [1.29, 1.82) is 0 Å². The number of hydrogen-bond acceptors (Lipinski definition) is 2. The van der Waals surface area contributed by atoms with Crippen LogP contribution in [0.5, 0.6) is 11.5 Å². The lowest BCUT2D eigenvalue weighted by Gasteiger charge is -2.04. The van der Waals surface area contributed by atoms with Crippen LogP contribution in [0.25, 0.3) is 0 Å². The lowest BCUT2D eigenvalue weighted by Crippen LogP contribution is -1.84. The Morgan fingerprint density at radius 1 is 1.07 bits per heavy atom. The molecule has 0 N–H and O–H groups in total. The molecule has 0 amide bonds. The number of nitrogens with zero attached hydrogens (tertiary/aromatic N) is 1. The Hall–Kier alpha value is -1.06. The van der Waals surface area contributed by atoms with Gasteiger partial charge in [-0.05, 0) is 46.3 Å². The highest BCUT2D eigenvalue weighted by Crippen LogP contribution is 2.24. The largest absolute Gasteiger partial charge is 0.456 e. The van der Waals surface area contributed by atoms with Gasteiger partial charge in [0.2, 0.25) is 0 Å². The van der Waals surface area contributed by atoms with Gasteiger partial charge in [0.25, 0.3) is 0 Å². The van der Waals surface area contributed by atoms with Crippen LogP contribution in [0.3, 0.4) is 0 Å². The standard InChI is InChI=1S/C11H7BrClNO/c12-8-5-11(7-14-6-8)15-10-3-1-9(13)2-4-10/h1-7H. The highest BCUT2D eigenvalue weighted by molar-refractivity contribution is 9.10. The molecule has 0 radical (unpaired) electrons. The molecule has 0 aliphatic carbocycles. The molecule has 2 nitrogen and oxygen atoms in total. The van der Waals surface area contributed by atoms with Crippen LogP contribution in [-0.2, 0) is 0 Å². The third-order valence-corrected chi connectivity index (χ3v) is 2.41. The Morgan fingerprint density at radius 3 is 2.47 bits per heavy atom. The molecule has 2 aromatic rings. The molecule has 0 aliphatic rings. The fourth-order valence-electron chi connectivity index (χ4n) is 1.09. The molecule has 1 heterocycles. The number of hydrogen-bond donors (Lipinski definition) is 0. The number of ether oxygens (including phenoxy) is 1. The molecule has 4 heteroatoms. The predicted molar refractivity (Wildman–Crippen MR) is 63.5 cm³/mol. The first kappa shape index (κ1) is 10.5. The normalized spacial score (nSPS) is 10.0. The molecule has 0 fully saturated rings. The SMILES string of the molecule is Clc1ccc(Oc2cncc(Br)c2)cc1. The molecular weight excluding hydrogens is 277 g/mol. The van der Waals surface area contributed by atoms with Crippen molar-refractivity contribution < 1.29 is 4.74 Å². The summed E-state index contributed by atoms with van der Waals surface area (Å²) in [7, 11) is 0. The summed E-state index contributed by atoms with van der Waals surface area (Å²) in [6.07, 6.45) is 3.36. The van der Waals surface area contributed by atoms with Gasteiger partial charge in [-0.3, -0.25) is 4.98 Å². The Bertz CT molecular complexity index is 458. The van der Waals surface area contributed by atoms with Crippen LogP contribution >= 0.6 is 27.5 Å². The molecule has 0 saturated heterocycles. The van der Waals surface area contributed by atoms with Gasteiger partial charge in [0.1, 0.15) is 11.5 Å². The Labute approximate surface area is 101 Å². The second kappa shape index (κ2) is 4.64. The summed E-state index contributed by atoms with van der Waals surface area (Å²) in [4.78, 5) is 4.00. The first-order valence-electron chi connectivity index (χ1n) is 4.28. The Balaban J connectivity index is 2.18. The molecule has 0 unspecified atom stereocenters. The second-order valence-electron chi connectivity index (χ2n) is 2.89. The van der Waals surface area contributed by atoms with E-state index >= 15 is 0 Å². The molecular formula is C11H7BrClNO. The zero-order valence-electron chi connectivity index (χ0n) is 7.65. The van der Waals surface area contributed by atoms with E-state index in [1.54, 1.807) is 24.5 Å². The number of benzene rings is 1. The van der Waals surface area contributed by atoms with Crippen LogP contribution in [0.2, 0.25) is 5.02 Å². The highest BCUT2D eigenvalue weighted by atomic mass is 79.9. The fraction of sp³-hybridized carbons (Fsp3) is 0. The third kappa shape index (κ3) is 2.94. The van der Waals surface area contributed by atoms with Gasteiger partial charge in [-0.1, -0.05) is 11.6 Å². The maximum absolute atomic E-state index is 5.76. The average Bonchev–Trinajstić information content (AvgIpc) is 2.22. The van der Waals surface area contributed by atoms with E-state index in [0.717, 1.165) is 10.2 Å². The van der Waals surface area contributed by atoms with E-state index in [4.69, 9.17) is 16.3 Å². The van der Waals surface area contributed by atoms with Crippen LogP contribution in [0.15, 0.2) is 47.2 Å². The summed E-state index contributed by atoms with van der Waals surface area (Å²) in [5.41, 5.74) is 0. The molecule has 0 atom stereocenters. The smallest absolute Gasteiger partial charge is 0.146 e. The van der Waals surface area contributed by atoms with Crippen LogP contribution < -0.4 is 4.74 Å². The number of pyridine rings is 1. The summed E-state index contributed by atoms with van der Waals surface area (Å²) in [5.74, 6) is 1.42. The quantitative estimate of drug-likeness (QED) is 0.821. The van der Waals surface area contributed by atoms with Crippen LogP contribution in [0.4, 0.5) is 0 Å². The van der Waals surface area contributed by atoms with E-state index in [-0.39, 0.29) is 0 Å². The molecule has 76 valence electrons. The molecule has 0 aliphatic heterocycles. The molecule has 15 heavy (non-hydrogen) atoms. The van der Waals surface area contributed by atoms with Crippen molar-refractivity contribution in [2.45, 2.75) is 0 Å². The topological polar surface area (TPSA) is 22.1 Å². The van der Waals surface area contributed by atoms with Crippen LogP contribution in [0.1, 0.15) is 0 Å². The van der Waals surface area contributed by atoms with E-state index in [2.05, 4.69) is 20.9 Å². The Kier molecular flexibility index (Phi) is 3.23. The van der Waals surface area contributed by atoms with Gasteiger partial charge >= 0.3 is 0 Å². The summed E-state index contributed by atoms with van der Waals surface area (Å²) in [6, 6.07) is 9.03. The van der Waals surface area contributed by atoms with Crippen LogP contribution in [0, 0.1) is 0 Å². The lowest BCUT2D eigenvalue weighted by molar-refractivity contribution is 0.480. The van der Waals surface area contributed by atoms with Gasteiger partial charge in [0.15, 0.2) is 0 Å². The van der Waals surface area contributed by atoms with Gasteiger partial charge in [0.05, 0.1) is 6.20 Å². The summed E-state index contributed by atoms with van der Waals surface area (Å²) < 4.78 is 6.45. The maximum atomic E-state index is 5.76. The van der Waals surface area contributed by atoms with Crippen molar-refractivity contribution in [2.75, 3.05) is 0 Å². The number of aromatic nitrogens is 1. The zero-order valence-corrected chi connectivity index (χ0v) is 9.99. The minimum absolute atomic E-state index is 0.687. The van der Waals surface area contributed by atoms with Crippen LogP contribution in [-0.4, -0.2) is 4.98 Å². The predicted octanol–water partition coefficient (Wildman–Crippen LogP) is 4.29.